The van der Waals surface area contributed by atoms with Crippen LogP contribution in [0.3, 0.4) is 0 Å². The average molecular weight is 377 g/mol. The van der Waals surface area contributed by atoms with Gasteiger partial charge in [-0.3, -0.25) is 0 Å². The van der Waals surface area contributed by atoms with Gasteiger partial charge in [0.25, 0.3) is 0 Å². The van der Waals surface area contributed by atoms with Crippen molar-refractivity contribution in [3.8, 4) is 0 Å². The molecule has 1 aromatic carbocycles. The van der Waals surface area contributed by atoms with Gasteiger partial charge in [-0.2, -0.15) is 0 Å². The number of halogens is 2. The van der Waals surface area contributed by atoms with Crippen LogP contribution in [0.25, 0.3) is 0 Å². The van der Waals surface area contributed by atoms with Gasteiger partial charge >= 0.3 is 0 Å². The van der Waals surface area contributed by atoms with E-state index < -0.39 is 6.10 Å². The fraction of sp³-hybridized carbons (Fsp3) is 0.571. The van der Waals surface area contributed by atoms with E-state index >= 15 is 0 Å². The van der Waals surface area contributed by atoms with Gasteiger partial charge in [0, 0.05) is 8.95 Å². The number of hydrogen-bond donors (Lipinski definition) is 2. The molecule has 100 valence electrons. The fourth-order valence-corrected chi connectivity index (χ4v) is 3.61. The van der Waals surface area contributed by atoms with E-state index in [9.17, 15) is 5.11 Å². The molecule has 0 aromatic heterocycles. The van der Waals surface area contributed by atoms with Gasteiger partial charge in [0.1, 0.15) is 0 Å². The van der Waals surface area contributed by atoms with E-state index in [1.54, 1.807) is 0 Å². The van der Waals surface area contributed by atoms with Crippen LogP contribution in [0, 0.1) is 5.92 Å². The molecule has 1 aliphatic rings. The monoisotopic (exact) mass is 375 g/mol. The standard InChI is InChI=1S/C14H19Br2NO/c15-10-6-7-12(16)11(8-10)13(17)14(18)9-4-2-1-3-5-9/h6-9,13-14,18H,1-5,17H2/t13-,14+/m0/s1. The highest BCUT2D eigenvalue weighted by atomic mass is 79.9. The Balaban J connectivity index is 2.13. The summed E-state index contributed by atoms with van der Waals surface area (Å²) >= 11 is 6.96. The first-order valence-electron chi connectivity index (χ1n) is 6.48. The quantitative estimate of drug-likeness (QED) is 0.832. The topological polar surface area (TPSA) is 46.2 Å². The zero-order valence-corrected chi connectivity index (χ0v) is 13.5. The smallest absolute Gasteiger partial charge is 0.0761 e. The van der Waals surface area contributed by atoms with Crippen LogP contribution in [0.15, 0.2) is 27.1 Å². The zero-order valence-electron chi connectivity index (χ0n) is 10.3. The van der Waals surface area contributed by atoms with Crippen molar-refractivity contribution in [2.75, 3.05) is 0 Å². The molecule has 0 amide bonds. The molecule has 0 aliphatic heterocycles. The van der Waals surface area contributed by atoms with Crippen molar-refractivity contribution >= 4 is 31.9 Å². The predicted octanol–water partition coefficient (Wildman–Crippen LogP) is 4.15. The molecule has 1 fully saturated rings. The maximum Gasteiger partial charge on any atom is 0.0761 e. The summed E-state index contributed by atoms with van der Waals surface area (Å²) < 4.78 is 1.96. The molecule has 2 nitrogen and oxygen atoms in total. The van der Waals surface area contributed by atoms with Crippen molar-refractivity contribution in [2.45, 2.75) is 44.2 Å². The molecule has 2 rings (SSSR count). The highest BCUT2D eigenvalue weighted by molar-refractivity contribution is 9.11. The summed E-state index contributed by atoms with van der Waals surface area (Å²) in [6, 6.07) is 5.60. The first-order valence-corrected chi connectivity index (χ1v) is 8.07. The molecule has 2 atom stereocenters. The number of benzene rings is 1. The molecule has 1 saturated carbocycles. The summed E-state index contributed by atoms with van der Waals surface area (Å²) in [5.74, 6) is 0.347. The Hall–Kier alpha value is 0.1000. The lowest BCUT2D eigenvalue weighted by atomic mass is 9.81. The number of aliphatic hydroxyl groups is 1. The van der Waals surface area contributed by atoms with Gasteiger partial charge in [0.05, 0.1) is 12.1 Å². The van der Waals surface area contributed by atoms with Crippen LogP contribution >= 0.6 is 31.9 Å². The number of rotatable bonds is 3. The summed E-state index contributed by atoms with van der Waals surface area (Å²) in [6.07, 6.45) is 5.47. The Morgan fingerprint density at radius 1 is 1.17 bits per heavy atom. The summed E-state index contributed by atoms with van der Waals surface area (Å²) in [5, 5.41) is 10.5. The van der Waals surface area contributed by atoms with Gasteiger partial charge in [0.15, 0.2) is 0 Å². The first-order chi connectivity index (χ1) is 8.59. The molecule has 1 aromatic rings. The Morgan fingerprint density at radius 2 is 1.83 bits per heavy atom. The highest BCUT2D eigenvalue weighted by Gasteiger charge is 2.28. The van der Waals surface area contributed by atoms with E-state index in [1.165, 1.54) is 19.3 Å². The van der Waals surface area contributed by atoms with E-state index in [0.29, 0.717) is 5.92 Å². The van der Waals surface area contributed by atoms with Gasteiger partial charge < -0.3 is 10.8 Å². The van der Waals surface area contributed by atoms with Gasteiger partial charge in [-0.1, -0.05) is 51.1 Å². The van der Waals surface area contributed by atoms with Crippen LogP contribution < -0.4 is 5.73 Å². The van der Waals surface area contributed by atoms with E-state index in [1.807, 2.05) is 18.2 Å². The maximum absolute atomic E-state index is 10.5. The third kappa shape index (κ3) is 3.35. The number of aliphatic hydroxyl groups excluding tert-OH is 1. The molecule has 4 heteroatoms. The van der Waals surface area contributed by atoms with Crippen molar-refractivity contribution in [1.82, 2.24) is 0 Å². The average Bonchev–Trinajstić information content (AvgIpc) is 2.41. The highest BCUT2D eigenvalue weighted by Crippen LogP contribution is 2.34. The van der Waals surface area contributed by atoms with E-state index in [4.69, 9.17) is 5.73 Å². The lowest BCUT2D eigenvalue weighted by Gasteiger charge is -2.31. The van der Waals surface area contributed by atoms with Crippen molar-refractivity contribution in [3.63, 3.8) is 0 Å². The van der Waals surface area contributed by atoms with Crippen LogP contribution in [-0.4, -0.2) is 11.2 Å². The minimum atomic E-state index is -0.448. The second-order valence-electron chi connectivity index (χ2n) is 5.08. The van der Waals surface area contributed by atoms with Crippen LogP contribution in [0.5, 0.6) is 0 Å². The molecule has 1 aliphatic carbocycles. The molecule has 0 unspecified atom stereocenters. The molecule has 0 radical (unpaired) electrons. The van der Waals surface area contributed by atoms with E-state index in [-0.39, 0.29) is 6.04 Å². The van der Waals surface area contributed by atoms with Gasteiger partial charge in [-0.25, -0.2) is 0 Å². The predicted molar refractivity (Wildman–Crippen MR) is 81.4 cm³/mol. The van der Waals surface area contributed by atoms with Crippen LogP contribution in [-0.2, 0) is 0 Å². The largest absolute Gasteiger partial charge is 0.391 e. The number of nitrogens with two attached hydrogens (primary N) is 1. The zero-order chi connectivity index (χ0) is 13.1. The second kappa shape index (κ2) is 6.51. The minimum Gasteiger partial charge on any atom is -0.391 e. The third-order valence-corrected chi connectivity index (χ3v) is 5.03. The van der Waals surface area contributed by atoms with E-state index in [0.717, 1.165) is 27.4 Å². The molecule has 0 heterocycles. The molecule has 18 heavy (non-hydrogen) atoms. The second-order valence-corrected chi connectivity index (χ2v) is 6.85. The SMILES string of the molecule is N[C@@H](c1cc(Br)ccc1Br)[C@H](O)C1CCCCC1. The molecule has 0 saturated heterocycles. The maximum atomic E-state index is 10.5. The van der Waals surface area contributed by atoms with Crippen LogP contribution in [0.2, 0.25) is 0 Å². The summed E-state index contributed by atoms with van der Waals surface area (Å²) in [5.41, 5.74) is 7.21. The Labute approximate surface area is 125 Å². The molecule has 0 bridgehead atoms. The normalized spacial score (nSPS) is 20.7. The fourth-order valence-electron chi connectivity index (χ4n) is 2.72. The molecule has 3 N–H and O–H groups in total. The Kier molecular flexibility index (Phi) is 5.24. The van der Waals surface area contributed by atoms with Crippen molar-refractivity contribution < 1.29 is 5.11 Å². The third-order valence-electron chi connectivity index (χ3n) is 3.82. The van der Waals surface area contributed by atoms with Gasteiger partial charge in [0.2, 0.25) is 0 Å². The van der Waals surface area contributed by atoms with Gasteiger partial charge in [-0.05, 0) is 42.5 Å². The lowest BCUT2D eigenvalue weighted by Crippen LogP contribution is -2.34. The van der Waals surface area contributed by atoms with Crippen molar-refractivity contribution in [1.29, 1.82) is 0 Å². The summed E-state index contributed by atoms with van der Waals surface area (Å²) in [4.78, 5) is 0. The Morgan fingerprint density at radius 3 is 2.50 bits per heavy atom. The lowest BCUT2D eigenvalue weighted by molar-refractivity contribution is 0.0616. The van der Waals surface area contributed by atoms with Crippen LogP contribution in [0.1, 0.15) is 43.7 Å². The van der Waals surface area contributed by atoms with E-state index in [2.05, 4.69) is 31.9 Å². The van der Waals surface area contributed by atoms with Crippen molar-refractivity contribution in [3.05, 3.63) is 32.7 Å². The van der Waals surface area contributed by atoms with Crippen LogP contribution in [0.4, 0.5) is 0 Å². The number of hydrogen-bond acceptors (Lipinski definition) is 2. The molecular weight excluding hydrogens is 358 g/mol. The Bertz CT molecular complexity index is 405. The summed E-state index contributed by atoms with van der Waals surface area (Å²) in [7, 11) is 0. The molecule has 0 spiro atoms. The molecular formula is C14H19Br2NO. The minimum absolute atomic E-state index is 0.319. The van der Waals surface area contributed by atoms with Gasteiger partial charge in [-0.15, -0.1) is 0 Å². The van der Waals surface area contributed by atoms with Crippen molar-refractivity contribution in [2.24, 2.45) is 11.7 Å². The first kappa shape index (κ1) is 14.5. The summed E-state index contributed by atoms with van der Waals surface area (Å²) in [6.45, 7) is 0.